The fourth-order valence-electron chi connectivity index (χ4n) is 4.81. The average molecular weight is 502 g/mol. The number of phenolic OH excluding ortho intramolecular Hbond substituents is 1. The second-order valence-corrected chi connectivity index (χ2v) is 8.70. The summed E-state index contributed by atoms with van der Waals surface area (Å²) < 4.78 is 33.5. The minimum Gasteiger partial charge on any atom is -0.502 e. The highest BCUT2D eigenvalue weighted by molar-refractivity contribution is 6.15. The van der Waals surface area contributed by atoms with Gasteiger partial charge >= 0.3 is 5.97 Å². The molecule has 0 amide bonds. The molecule has 0 fully saturated rings. The van der Waals surface area contributed by atoms with Crippen LogP contribution in [0.5, 0.6) is 40.2 Å². The van der Waals surface area contributed by atoms with Gasteiger partial charge in [0, 0.05) is 11.5 Å². The number of carbonyl (C=O) groups is 2. The van der Waals surface area contributed by atoms with Crippen LogP contribution in [0.25, 0.3) is 6.08 Å². The van der Waals surface area contributed by atoms with E-state index in [9.17, 15) is 14.7 Å². The van der Waals surface area contributed by atoms with Crippen LogP contribution in [0.2, 0.25) is 0 Å². The average Bonchev–Trinajstić information content (AvgIpc) is 3.23. The molecule has 9 nitrogen and oxygen atoms in total. The zero-order valence-corrected chi connectivity index (χ0v) is 20.0. The summed E-state index contributed by atoms with van der Waals surface area (Å²) in [6, 6.07) is 11.8. The number of phenols is 1. The largest absolute Gasteiger partial charge is 0.502 e. The summed E-state index contributed by atoms with van der Waals surface area (Å²) in [5.41, 5.74) is 2.28. The molecule has 0 spiro atoms. The number of hydrogen-bond donors (Lipinski definition) is 1. The van der Waals surface area contributed by atoms with Gasteiger partial charge in [0.05, 0.1) is 26.2 Å². The van der Waals surface area contributed by atoms with Gasteiger partial charge in [-0.3, -0.25) is 9.59 Å². The predicted molar refractivity (Wildman–Crippen MR) is 130 cm³/mol. The standard InChI is InChI=1S/C28H22O9/c1-32-21-11-15(12-22(33-2)27(21)31)17-13-24(29)36-19-6-4-16-26(30)23(37-28(16)25(17)19)10-14-3-5-18-20(9-14)35-8-7-34-18/h3-6,9-12,17,31H,7-8,13H2,1-2H3/b23-10-/t17-/m0/s1. The molecular weight excluding hydrogens is 480 g/mol. The monoisotopic (exact) mass is 502 g/mol. The van der Waals surface area contributed by atoms with Crippen LogP contribution in [-0.4, -0.2) is 44.3 Å². The second kappa shape index (κ2) is 8.77. The Morgan fingerprint density at radius 3 is 2.32 bits per heavy atom. The Kier molecular flexibility index (Phi) is 5.40. The Labute approximate surface area is 211 Å². The number of benzene rings is 3. The smallest absolute Gasteiger partial charge is 0.312 e. The van der Waals surface area contributed by atoms with E-state index in [2.05, 4.69) is 0 Å². The SMILES string of the molecule is COc1cc([C@@H]2CC(=O)Oc3ccc4c(c32)O/C(=C\c2ccc3c(c2)OCCO3)C4=O)cc(OC)c1O. The molecule has 1 N–H and O–H groups in total. The lowest BCUT2D eigenvalue weighted by atomic mass is 9.84. The molecule has 1 atom stereocenters. The van der Waals surface area contributed by atoms with Crippen molar-refractivity contribution in [1.82, 2.24) is 0 Å². The third-order valence-electron chi connectivity index (χ3n) is 6.55. The van der Waals surface area contributed by atoms with E-state index in [1.165, 1.54) is 14.2 Å². The number of ketones is 1. The Bertz CT molecular complexity index is 1460. The van der Waals surface area contributed by atoms with E-state index in [0.29, 0.717) is 58.5 Å². The minimum absolute atomic E-state index is 0.000698. The Morgan fingerprint density at radius 2 is 1.59 bits per heavy atom. The first kappa shape index (κ1) is 22.8. The summed E-state index contributed by atoms with van der Waals surface area (Å²) in [6.45, 7) is 0.937. The van der Waals surface area contributed by atoms with Gasteiger partial charge in [-0.1, -0.05) is 6.07 Å². The molecule has 0 unspecified atom stereocenters. The maximum Gasteiger partial charge on any atom is 0.312 e. The van der Waals surface area contributed by atoms with Gasteiger partial charge in [0.15, 0.2) is 28.8 Å². The molecule has 0 bridgehead atoms. The van der Waals surface area contributed by atoms with E-state index in [0.717, 1.165) is 0 Å². The Balaban J connectivity index is 1.43. The van der Waals surface area contributed by atoms with Gasteiger partial charge in [0.2, 0.25) is 11.5 Å². The number of Topliss-reactive ketones (excluding diaryl/α,β-unsaturated/α-hetero) is 1. The molecular formula is C28H22O9. The van der Waals surface area contributed by atoms with E-state index >= 15 is 0 Å². The van der Waals surface area contributed by atoms with Gasteiger partial charge in [-0.05, 0) is 53.6 Å². The second-order valence-electron chi connectivity index (χ2n) is 8.70. The summed E-state index contributed by atoms with van der Waals surface area (Å²) >= 11 is 0. The van der Waals surface area contributed by atoms with E-state index in [4.69, 9.17) is 28.4 Å². The molecule has 3 heterocycles. The molecule has 3 aliphatic rings. The van der Waals surface area contributed by atoms with Gasteiger partial charge in [-0.25, -0.2) is 0 Å². The Hall–Kier alpha value is -4.66. The van der Waals surface area contributed by atoms with Crippen LogP contribution in [0, 0.1) is 0 Å². The maximum atomic E-state index is 13.3. The highest BCUT2D eigenvalue weighted by Gasteiger charge is 2.39. The number of fused-ring (bicyclic) bond motifs is 4. The minimum atomic E-state index is -0.531. The van der Waals surface area contributed by atoms with Crippen molar-refractivity contribution in [1.29, 1.82) is 0 Å². The topological polar surface area (TPSA) is 110 Å². The van der Waals surface area contributed by atoms with Crippen molar-refractivity contribution < 1.29 is 43.1 Å². The van der Waals surface area contributed by atoms with Crippen LogP contribution < -0.4 is 28.4 Å². The van der Waals surface area contributed by atoms with Crippen LogP contribution in [-0.2, 0) is 4.79 Å². The summed E-state index contributed by atoms with van der Waals surface area (Å²) in [6.07, 6.45) is 1.64. The van der Waals surface area contributed by atoms with Crippen LogP contribution in [0.3, 0.4) is 0 Å². The van der Waals surface area contributed by atoms with Crippen molar-refractivity contribution >= 4 is 17.8 Å². The number of allylic oxidation sites excluding steroid dienone is 1. The van der Waals surface area contributed by atoms with E-state index in [-0.39, 0.29) is 35.2 Å². The summed E-state index contributed by atoms with van der Waals surface area (Å²) in [7, 11) is 2.85. The van der Waals surface area contributed by atoms with Crippen LogP contribution >= 0.6 is 0 Å². The fraction of sp³-hybridized carbons (Fsp3) is 0.214. The van der Waals surface area contributed by atoms with Gasteiger partial charge < -0.3 is 33.5 Å². The third kappa shape index (κ3) is 3.79. The lowest BCUT2D eigenvalue weighted by Crippen LogP contribution is -2.21. The Morgan fingerprint density at radius 1 is 0.892 bits per heavy atom. The van der Waals surface area contributed by atoms with Crippen molar-refractivity contribution in [3.05, 3.63) is 70.5 Å². The fourth-order valence-corrected chi connectivity index (χ4v) is 4.81. The molecule has 37 heavy (non-hydrogen) atoms. The molecule has 6 rings (SSSR count). The first-order valence-corrected chi connectivity index (χ1v) is 11.6. The zero-order chi connectivity index (χ0) is 25.7. The van der Waals surface area contributed by atoms with Crippen molar-refractivity contribution in [2.24, 2.45) is 0 Å². The van der Waals surface area contributed by atoms with Crippen molar-refractivity contribution in [3.8, 4) is 40.2 Å². The molecule has 188 valence electrons. The normalized spacial score (nSPS) is 18.5. The number of aromatic hydroxyl groups is 1. The van der Waals surface area contributed by atoms with Gasteiger partial charge in [0.25, 0.3) is 0 Å². The predicted octanol–water partition coefficient (Wildman–Crippen LogP) is 4.24. The van der Waals surface area contributed by atoms with Crippen LogP contribution in [0.15, 0.2) is 48.2 Å². The van der Waals surface area contributed by atoms with Crippen molar-refractivity contribution in [2.45, 2.75) is 12.3 Å². The van der Waals surface area contributed by atoms with Crippen molar-refractivity contribution in [2.75, 3.05) is 27.4 Å². The molecule has 0 aromatic heterocycles. The molecule has 0 saturated heterocycles. The van der Waals surface area contributed by atoms with Gasteiger partial charge in [0.1, 0.15) is 24.7 Å². The molecule has 0 radical (unpaired) electrons. The summed E-state index contributed by atoms with van der Waals surface area (Å²) in [5, 5.41) is 10.4. The first-order chi connectivity index (χ1) is 18.0. The van der Waals surface area contributed by atoms with Crippen LogP contribution in [0.4, 0.5) is 0 Å². The summed E-state index contributed by atoms with van der Waals surface area (Å²) in [4.78, 5) is 25.8. The zero-order valence-electron chi connectivity index (χ0n) is 20.0. The maximum absolute atomic E-state index is 13.3. The molecule has 0 saturated carbocycles. The molecule has 3 aliphatic heterocycles. The van der Waals surface area contributed by atoms with E-state index in [1.807, 2.05) is 6.07 Å². The molecule has 0 aliphatic carbocycles. The van der Waals surface area contributed by atoms with E-state index < -0.39 is 11.9 Å². The first-order valence-electron chi connectivity index (χ1n) is 11.6. The van der Waals surface area contributed by atoms with Gasteiger partial charge in [-0.2, -0.15) is 0 Å². The number of carbonyl (C=O) groups excluding carboxylic acids is 2. The number of ether oxygens (including phenoxy) is 6. The quantitative estimate of drug-likeness (QED) is 0.318. The molecule has 3 aromatic carbocycles. The lowest BCUT2D eigenvalue weighted by molar-refractivity contribution is -0.135. The van der Waals surface area contributed by atoms with E-state index in [1.54, 1.807) is 42.5 Å². The molecule has 9 heteroatoms. The number of methoxy groups -OCH3 is 2. The van der Waals surface area contributed by atoms with Gasteiger partial charge in [-0.15, -0.1) is 0 Å². The lowest BCUT2D eigenvalue weighted by Gasteiger charge is -2.27. The molecule has 3 aromatic rings. The number of rotatable bonds is 4. The third-order valence-corrected chi connectivity index (χ3v) is 6.55. The highest BCUT2D eigenvalue weighted by atomic mass is 16.6. The number of esters is 1. The summed E-state index contributed by atoms with van der Waals surface area (Å²) in [5.74, 6) is 1.00. The van der Waals surface area contributed by atoms with Crippen molar-refractivity contribution in [3.63, 3.8) is 0 Å². The highest BCUT2D eigenvalue weighted by Crippen LogP contribution is 2.51. The van der Waals surface area contributed by atoms with Crippen LogP contribution in [0.1, 0.15) is 39.4 Å². The number of hydrogen-bond acceptors (Lipinski definition) is 9.